The van der Waals surface area contributed by atoms with Crippen LogP contribution < -0.4 is 4.74 Å². The van der Waals surface area contributed by atoms with Crippen molar-refractivity contribution in [1.29, 1.82) is 0 Å². The number of hydrogen-bond acceptors (Lipinski definition) is 4. The van der Waals surface area contributed by atoms with E-state index >= 15 is 0 Å². The van der Waals surface area contributed by atoms with Gasteiger partial charge < -0.3 is 23.8 Å². The fourth-order valence-electron chi connectivity index (χ4n) is 5.68. The zero-order valence-corrected chi connectivity index (χ0v) is 24.0. The van der Waals surface area contributed by atoms with Crippen LogP contribution in [-0.2, 0) is 24.2 Å². The lowest BCUT2D eigenvalue weighted by Crippen LogP contribution is -2.40. The maximum atomic E-state index is 13.5. The molecular formula is C32H41N3O4. The average Bonchev–Trinajstić information content (AvgIpc) is 3.21. The molecule has 2 aliphatic rings. The quantitative estimate of drug-likeness (QED) is 0.390. The molecule has 0 N–H and O–H groups in total. The lowest BCUT2D eigenvalue weighted by atomic mass is 9.98. The summed E-state index contributed by atoms with van der Waals surface area (Å²) in [6, 6.07) is 14.3. The number of aromatic nitrogens is 1. The Morgan fingerprint density at radius 3 is 2.36 bits per heavy atom. The fourth-order valence-corrected chi connectivity index (χ4v) is 5.68. The molecule has 3 aromatic rings. The summed E-state index contributed by atoms with van der Waals surface area (Å²) >= 11 is 0. The highest BCUT2D eigenvalue weighted by Crippen LogP contribution is 2.34. The van der Waals surface area contributed by atoms with Crippen molar-refractivity contribution >= 4 is 22.9 Å². The van der Waals surface area contributed by atoms with Gasteiger partial charge in [-0.15, -0.1) is 0 Å². The fraction of sp³-hybridized carbons (Fsp3) is 0.500. The monoisotopic (exact) mass is 531 g/mol. The zero-order chi connectivity index (χ0) is 27.7. The number of likely N-dealkylation sites (tertiary alicyclic amines) is 1. The van der Waals surface area contributed by atoms with Gasteiger partial charge in [0, 0.05) is 60.3 Å². The molecule has 0 atom stereocenters. The highest BCUT2D eigenvalue weighted by molar-refractivity contribution is 5.99. The third kappa shape index (κ3) is 5.92. The molecule has 0 saturated carbocycles. The van der Waals surface area contributed by atoms with Gasteiger partial charge in [-0.3, -0.25) is 4.79 Å². The van der Waals surface area contributed by atoms with E-state index in [2.05, 4.69) is 29.7 Å². The van der Waals surface area contributed by atoms with Gasteiger partial charge in [0.2, 0.25) is 0 Å². The van der Waals surface area contributed by atoms with Crippen LogP contribution in [0.4, 0.5) is 4.79 Å². The maximum absolute atomic E-state index is 13.5. The molecule has 1 aromatic heterocycles. The normalized spacial score (nSPS) is 16.3. The molecule has 0 radical (unpaired) electrons. The minimum Gasteiger partial charge on any atom is -0.494 e. The maximum Gasteiger partial charge on any atom is 0.410 e. The first kappa shape index (κ1) is 27.1. The number of piperidine rings is 1. The lowest BCUT2D eigenvalue weighted by molar-refractivity contribution is 0.0223. The van der Waals surface area contributed by atoms with Crippen LogP contribution in [0.15, 0.2) is 42.5 Å². The zero-order valence-electron chi connectivity index (χ0n) is 24.0. The summed E-state index contributed by atoms with van der Waals surface area (Å²) in [7, 11) is 0. The Kier molecular flexibility index (Phi) is 7.61. The minimum atomic E-state index is -0.551. The van der Waals surface area contributed by atoms with Gasteiger partial charge in [-0.25, -0.2) is 4.79 Å². The van der Waals surface area contributed by atoms with Gasteiger partial charge in [0.25, 0.3) is 5.91 Å². The van der Waals surface area contributed by atoms with Crippen LogP contribution in [0, 0.1) is 5.92 Å². The van der Waals surface area contributed by atoms with Gasteiger partial charge in [-0.2, -0.15) is 0 Å². The molecule has 0 unspecified atom stereocenters. The Hall–Kier alpha value is -3.48. The molecule has 1 fully saturated rings. The second kappa shape index (κ2) is 10.9. The Morgan fingerprint density at radius 1 is 0.974 bits per heavy atom. The van der Waals surface area contributed by atoms with Crippen molar-refractivity contribution in [2.75, 3.05) is 26.2 Å². The van der Waals surface area contributed by atoms with Crippen molar-refractivity contribution in [3.63, 3.8) is 0 Å². The molecule has 7 nitrogen and oxygen atoms in total. The third-order valence-electron chi connectivity index (χ3n) is 7.80. The van der Waals surface area contributed by atoms with E-state index in [0.717, 1.165) is 54.6 Å². The third-order valence-corrected chi connectivity index (χ3v) is 7.80. The SMILES string of the molecule is CCOc1ccc(Cn2c3c(c4cc(C(=O)N5CCC(C)CC5)ccc42)CN(C(=O)OC(C)(C)C)CC3)cc1. The number of hydrogen-bond donors (Lipinski definition) is 0. The van der Waals surface area contributed by atoms with Crippen LogP contribution in [0.2, 0.25) is 0 Å². The topological polar surface area (TPSA) is 64.0 Å². The van der Waals surface area contributed by atoms with Gasteiger partial charge in [0.1, 0.15) is 11.4 Å². The van der Waals surface area contributed by atoms with E-state index in [0.29, 0.717) is 37.7 Å². The molecule has 208 valence electrons. The predicted octanol–water partition coefficient (Wildman–Crippen LogP) is 6.25. The van der Waals surface area contributed by atoms with Gasteiger partial charge in [0.05, 0.1) is 13.2 Å². The number of nitrogens with zero attached hydrogens (tertiary/aromatic N) is 3. The van der Waals surface area contributed by atoms with Crippen LogP contribution >= 0.6 is 0 Å². The number of rotatable bonds is 5. The van der Waals surface area contributed by atoms with Gasteiger partial charge in [-0.1, -0.05) is 19.1 Å². The summed E-state index contributed by atoms with van der Waals surface area (Å²) in [4.78, 5) is 30.2. The second-order valence-electron chi connectivity index (χ2n) is 11.9. The van der Waals surface area contributed by atoms with Gasteiger partial charge in [0.15, 0.2) is 0 Å². The molecule has 2 amide bonds. The number of amides is 2. The Bertz CT molecular complexity index is 1340. The van der Waals surface area contributed by atoms with E-state index in [1.807, 2.05) is 56.9 Å². The molecule has 0 bridgehead atoms. The Labute approximate surface area is 231 Å². The standard InChI is InChI=1S/C32H41N3O4/c1-6-38-25-10-7-23(8-11-25)20-35-28-12-9-24(30(36)33-16-13-22(2)14-17-33)19-26(28)27-21-34(18-15-29(27)35)31(37)39-32(3,4)5/h7-12,19,22H,6,13-18,20-21H2,1-5H3. The summed E-state index contributed by atoms with van der Waals surface area (Å²) in [5, 5.41) is 1.04. The lowest BCUT2D eigenvalue weighted by Gasteiger charge is -2.31. The highest BCUT2D eigenvalue weighted by Gasteiger charge is 2.30. The highest BCUT2D eigenvalue weighted by atomic mass is 16.6. The smallest absolute Gasteiger partial charge is 0.410 e. The van der Waals surface area contributed by atoms with Crippen molar-refractivity contribution in [2.24, 2.45) is 5.92 Å². The van der Waals surface area contributed by atoms with Crippen molar-refractivity contribution in [3.05, 3.63) is 64.8 Å². The first-order valence-corrected chi connectivity index (χ1v) is 14.3. The van der Waals surface area contributed by atoms with Crippen molar-refractivity contribution in [2.45, 2.75) is 72.6 Å². The van der Waals surface area contributed by atoms with Gasteiger partial charge >= 0.3 is 6.09 Å². The molecule has 0 aliphatic carbocycles. The van der Waals surface area contributed by atoms with Crippen LogP contribution in [0.5, 0.6) is 5.75 Å². The summed E-state index contributed by atoms with van der Waals surface area (Å²) in [6.45, 7) is 13.9. The van der Waals surface area contributed by atoms with Crippen molar-refractivity contribution < 1.29 is 19.1 Å². The van der Waals surface area contributed by atoms with Crippen molar-refractivity contribution in [3.8, 4) is 5.75 Å². The first-order chi connectivity index (χ1) is 18.6. The number of benzene rings is 2. The molecule has 2 aromatic carbocycles. The molecule has 1 saturated heterocycles. The van der Waals surface area contributed by atoms with Crippen LogP contribution in [-0.4, -0.2) is 58.2 Å². The summed E-state index contributed by atoms with van der Waals surface area (Å²) in [5.41, 5.74) is 4.75. The van der Waals surface area contributed by atoms with E-state index in [4.69, 9.17) is 9.47 Å². The molecule has 3 heterocycles. The molecule has 2 aliphatic heterocycles. The molecule has 7 heteroatoms. The van der Waals surface area contributed by atoms with E-state index in [9.17, 15) is 9.59 Å². The number of ether oxygens (including phenoxy) is 2. The number of carbonyl (C=O) groups excluding carboxylic acids is 2. The second-order valence-corrected chi connectivity index (χ2v) is 11.9. The first-order valence-electron chi connectivity index (χ1n) is 14.3. The summed E-state index contributed by atoms with van der Waals surface area (Å²) in [6.07, 6.45) is 2.53. The molecular weight excluding hydrogens is 490 g/mol. The minimum absolute atomic E-state index is 0.0941. The molecule has 0 spiro atoms. The Balaban J connectivity index is 1.50. The van der Waals surface area contributed by atoms with E-state index < -0.39 is 5.60 Å². The summed E-state index contributed by atoms with van der Waals surface area (Å²) < 4.78 is 13.7. The van der Waals surface area contributed by atoms with Crippen LogP contribution in [0.1, 0.15) is 74.6 Å². The number of carbonyl (C=O) groups is 2. The van der Waals surface area contributed by atoms with Crippen LogP contribution in [0.3, 0.4) is 0 Å². The van der Waals surface area contributed by atoms with Gasteiger partial charge in [-0.05, 0) is 82.3 Å². The predicted molar refractivity (Wildman–Crippen MR) is 153 cm³/mol. The largest absolute Gasteiger partial charge is 0.494 e. The molecule has 5 rings (SSSR count). The average molecular weight is 532 g/mol. The summed E-state index contributed by atoms with van der Waals surface area (Å²) in [5.74, 6) is 1.62. The molecule has 39 heavy (non-hydrogen) atoms. The van der Waals surface area contributed by atoms with E-state index in [1.165, 1.54) is 11.3 Å². The number of fused-ring (bicyclic) bond motifs is 3. The van der Waals surface area contributed by atoms with E-state index in [1.54, 1.807) is 4.90 Å². The van der Waals surface area contributed by atoms with E-state index in [-0.39, 0.29) is 12.0 Å². The Morgan fingerprint density at radius 2 is 1.69 bits per heavy atom. The van der Waals surface area contributed by atoms with Crippen LogP contribution in [0.25, 0.3) is 10.9 Å². The van der Waals surface area contributed by atoms with Crippen molar-refractivity contribution in [1.82, 2.24) is 14.4 Å².